The highest BCUT2D eigenvalue weighted by atomic mass is 35.5. The molecule has 2 aromatic heterocycles. The van der Waals surface area contributed by atoms with Gasteiger partial charge in [-0.05, 0) is 63.4 Å². The number of pyridine rings is 1. The molecule has 0 bridgehead atoms. The van der Waals surface area contributed by atoms with E-state index in [1.54, 1.807) is 0 Å². The Balaban J connectivity index is 1.79. The number of benzene rings is 1. The number of nitrogens with zero attached hydrogens (tertiary/aromatic N) is 3. The molecule has 0 spiro atoms. The zero-order valence-electron chi connectivity index (χ0n) is 17.7. The van der Waals surface area contributed by atoms with Gasteiger partial charge >= 0.3 is 0 Å². The number of aromatic nitrogens is 3. The summed E-state index contributed by atoms with van der Waals surface area (Å²) in [6.07, 6.45) is 3.64. The van der Waals surface area contributed by atoms with Gasteiger partial charge in [-0.1, -0.05) is 11.6 Å². The van der Waals surface area contributed by atoms with Crippen molar-refractivity contribution < 1.29 is 13.2 Å². The minimum Gasteiger partial charge on any atom is -0.325 e. The van der Waals surface area contributed by atoms with Gasteiger partial charge in [0.15, 0.2) is 15.5 Å². The smallest absolute Gasteiger partial charge is 0.224 e. The Labute approximate surface area is 181 Å². The number of amides is 1. The summed E-state index contributed by atoms with van der Waals surface area (Å²) in [6.45, 7) is 8.06. The number of rotatable bonds is 6. The molecule has 30 heavy (non-hydrogen) atoms. The molecule has 1 amide bonds. The number of carbonyl (C=O) groups excluding carboxylic acids is 1. The first-order chi connectivity index (χ1) is 14.0. The van der Waals surface area contributed by atoms with Gasteiger partial charge in [0, 0.05) is 29.8 Å². The molecule has 0 saturated heterocycles. The molecule has 160 valence electrons. The fourth-order valence-electron chi connectivity index (χ4n) is 3.42. The third kappa shape index (κ3) is 4.49. The first kappa shape index (κ1) is 22.2. The van der Waals surface area contributed by atoms with Crippen LogP contribution >= 0.6 is 11.6 Å². The third-order valence-corrected chi connectivity index (χ3v) is 6.51. The summed E-state index contributed by atoms with van der Waals surface area (Å²) in [7, 11) is -3.40. The van der Waals surface area contributed by atoms with Gasteiger partial charge in [-0.2, -0.15) is 5.10 Å². The lowest BCUT2D eigenvalue weighted by atomic mass is 10.0. The van der Waals surface area contributed by atoms with Gasteiger partial charge in [-0.15, -0.1) is 0 Å². The number of halogens is 1. The van der Waals surface area contributed by atoms with Gasteiger partial charge in [-0.25, -0.2) is 18.1 Å². The van der Waals surface area contributed by atoms with Crippen LogP contribution in [0.3, 0.4) is 0 Å². The number of hydrogen-bond acceptors (Lipinski definition) is 5. The number of sulfone groups is 1. The van der Waals surface area contributed by atoms with Crippen LogP contribution in [0.2, 0.25) is 5.02 Å². The summed E-state index contributed by atoms with van der Waals surface area (Å²) in [5.74, 6) is -0.251. The van der Waals surface area contributed by atoms with E-state index >= 15 is 0 Å². The average Bonchev–Trinajstić information content (AvgIpc) is 3.06. The summed E-state index contributed by atoms with van der Waals surface area (Å²) in [6, 6.07) is 4.46. The molecule has 0 saturated carbocycles. The molecule has 2 heterocycles. The lowest BCUT2D eigenvalue weighted by Gasteiger charge is -2.13. The number of hydrogen-bond donors (Lipinski definition) is 1. The van der Waals surface area contributed by atoms with Crippen molar-refractivity contribution in [2.45, 2.75) is 51.5 Å². The molecule has 0 aliphatic carbocycles. The number of aryl methyl sites for hydroxylation is 2. The summed E-state index contributed by atoms with van der Waals surface area (Å²) >= 11 is 6.12. The van der Waals surface area contributed by atoms with E-state index in [0.29, 0.717) is 6.42 Å². The Kier molecular flexibility index (Phi) is 6.19. The van der Waals surface area contributed by atoms with Gasteiger partial charge < -0.3 is 5.32 Å². The predicted octanol–water partition coefficient (Wildman–Crippen LogP) is 4.26. The lowest BCUT2D eigenvalue weighted by molar-refractivity contribution is -0.116. The Morgan fingerprint density at radius 2 is 1.97 bits per heavy atom. The van der Waals surface area contributed by atoms with E-state index in [1.807, 2.05) is 24.7 Å². The summed E-state index contributed by atoms with van der Waals surface area (Å²) in [5, 5.41) is 8.42. The molecule has 3 aromatic rings. The van der Waals surface area contributed by atoms with Gasteiger partial charge in [0.2, 0.25) is 5.91 Å². The van der Waals surface area contributed by atoms with Crippen molar-refractivity contribution in [2.75, 3.05) is 11.6 Å². The van der Waals surface area contributed by atoms with Gasteiger partial charge in [-0.3, -0.25) is 4.79 Å². The van der Waals surface area contributed by atoms with Crippen LogP contribution in [0.25, 0.3) is 11.0 Å². The molecule has 1 N–H and O–H groups in total. The van der Waals surface area contributed by atoms with Crippen LogP contribution in [-0.2, 0) is 21.1 Å². The van der Waals surface area contributed by atoms with Crippen molar-refractivity contribution in [2.24, 2.45) is 0 Å². The van der Waals surface area contributed by atoms with E-state index in [2.05, 4.69) is 24.3 Å². The molecule has 0 aliphatic rings. The van der Waals surface area contributed by atoms with Crippen LogP contribution in [0, 0.1) is 13.8 Å². The fourth-order valence-corrected chi connectivity index (χ4v) is 4.23. The van der Waals surface area contributed by atoms with Crippen molar-refractivity contribution in [3.8, 4) is 0 Å². The van der Waals surface area contributed by atoms with Crippen LogP contribution in [0.5, 0.6) is 0 Å². The average molecular weight is 449 g/mol. The first-order valence-corrected chi connectivity index (χ1v) is 11.9. The first-order valence-electron chi connectivity index (χ1n) is 9.61. The van der Waals surface area contributed by atoms with E-state index < -0.39 is 9.84 Å². The molecule has 0 fully saturated rings. The highest BCUT2D eigenvalue weighted by Crippen LogP contribution is 2.27. The zero-order chi connectivity index (χ0) is 22.2. The Morgan fingerprint density at radius 3 is 2.60 bits per heavy atom. The SMILES string of the molecule is Cc1nc2c(cnn2C(C)C)c(C)c1CCC(=O)Nc1cc(S(C)(=O)=O)ccc1Cl. The molecule has 0 aliphatic heterocycles. The molecule has 3 rings (SSSR count). The maximum absolute atomic E-state index is 12.5. The number of carbonyl (C=O) groups is 1. The second-order valence-electron chi connectivity index (χ2n) is 7.68. The van der Waals surface area contributed by atoms with Gasteiger partial charge in [0.1, 0.15) is 0 Å². The monoisotopic (exact) mass is 448 g/mol. The number of anilines is 1. The van der Waals surface area contributed by atoms with E-state index in [4.69, 9.17) is 16.6 Å². The van der Waals surface area contributed by atoms with Crippen LogP contribution in [-0.4, -0.2) is 35.3 Å². The molecule has 1 aromatic carbocycles. The van der Waals surface area contributed by atoms with Crippen molar-refractivity contribution >= 4 is 44.1 Å². The topological polar surface area (TPSA) is 93.9 Å². The van der Waals surface area contributed by atoms with Crippen molar-refractivity contribution in [3.63, 3.8) is 0 Å². The number of fused-ring (bicyclic) bond motifs is 1. The van der Waals surface area contributed by atoms with Crippen molar-refractivity contribution in [3.05, 3.63) is 46.2 Å². The largest absolute Gasteiger partial charge is 0.325 e. The maximum Gasteiger partial charge on any atom is 0.224 e. The Morgan fingerprint density at radius 1 is 1.27 bits per heavy atom. The Bertz CT molecular complexity index is 1230. The summed E-state index contributed by atoms with van der Waals surface area (Å²) < 4.78 is 25.4. The molecule has 0 atom stereocenters. The van der Waals surface area contributed by atoms with Crippen LogP contribution in [0.15, 0.2) is 29.3 Å². The van der Waals surface area contributed by atoms with E-state index in [9.17, 15) is 13.2 Å². The molecule has 7 nitrogen and oxygen atoms in total. The normalized spacial score (nSPS) is 12.0. The maximum atomic E-state index is 12.5. The zero-order valence-corrected chi connectivity index (χ0v) is 19.2. The predicted molar refractivity (Wildman–Crippen MR) is 119 cm³/mol. The molecule has 0 unspecified atom stereocenters. The highest BCUT2D eigenvalue weighted by molar-refractivity contribution is 7.90. The van der Waals surface area contributed by atoms with E-state index in [1.165, 1.54) is 18.2 Å². The Hall–Kier alpha value is -2.45. The molecular weight excluding hydrogens is 424 g/mol. The van der Waals surface area contributed by atoms with Crippen molar-refractivity contribution in [1.82, 2.24) is 14.8 Å². The number of nitrogens with one attached hydrogen (secondary N) is 1. The van der Waals surface area contributed by atoms with Gasteiger partial charge in [0.25, 0.3) is 0 Å². The molecule has 9 heteroatoms. The third-order valence-electron chi connectivity index (χ3n) is 5.07. The standard InChI is InChI=1S/C21H25ClN4O3S/c1-12(2)26-21-17(11-23-26)13(3)16(14(4)24-21)7-9-20(27)25-19-10-15(30(5,28)29)6-8-18(19)22/h6,8,10-12H,7,9H2,1-5H3,(H,25,27). The summed E-state index contributed by atoms with van der Waals surface area (Å²) in [4.78, 5) is 17.3. The van der Waals surface area contributed by atoms with Crippen LogP contribution in [0.1, 0.15) is 43.1 Å². The minimum atomic E-state index is -3.40. The second-order valence-corrected chi connectivity index (χ2v) is 10.1. The molecular formula is C21H25ClN4O3S. The van der Waals surface area contributed by atoms with Crippen LogP contribution in [0.4, 0.5) is 5.69 Å². The van der Waals surface area contributed by atoms with E-state index in [-0.39, 0.29) is 34.0 Å². The van der Waals surface area contributed by atoms with Crippen molar-refractivity contribution in [1.29, 1.82) is 0 Å². The van der Waals surface area contributed by atoms with Crippen LogP contribution < -0.4 is 5.32 Å². The highest BCUT2D eigenvalue weighted by Gasteiger charge is 2.17. The molecule has 0 radical (unpaired) electrons. The summed E-state index contributed by atoms with van der Waals surface area (Å²) in [5.41, 5.74) is 4.07. The van der Waals surface area contributed by atoms with E-state index in [0.717, 1.165) is 34.1 Å². The fraction of sp³-hybridized carbons (Fsp3) is 0.381. The lowest BCUT2D eigenvalue weighted by Crippen LogP contribution is -2.14. The van der Waals surface area contributed by atoms with Gasteiger partial charge in [0.05, 0.1) is 21.8 Å². The minimum absolute atomic E-state index is 0.103. The second kappa shape index (κ2) is 8.35. The quantitative estimate of drug-likeness (QED) is 0.608.